The average Bonchev–Trinajstić information content (AvgIpc) is 3.54. The van der Waals surface area contributed by atoms with Crippen LogP contribution in [0, 0.1) is 0 Å². The number of anilines is 1. The van der Waals surface area contributed by atoms with Gasteiger partial charge in [-0.3, -0.25) is 14.4 Å². The van der Waals surface area contributed by atoms with E-state index in [4.69, 9.17) is 4.74 Å². The number of benzene rings is 1. The van der Waals surface area contributed by atoms with Crippen LogP contribution in [0.15, 0.2) is 40.2 Å². The zero-order valence-electron chi connectivity index (χ0n) is 15.4. The maximum absolute atomic E-state index is 12.9. The van der Waals surface area contributed by atoms with Gasteiger partial charge in [-0.15, -0.1) is 11.8 Å². The zero-order chi connectivity index (χ0) is 19.7. The van der Waals surface area contributed by atoms with Gasteiger partial charge in [0.2, 0.25) is 11.8 Å². The Morgan fingerprint density at radius 2 is 2.18 bits per heavy atom. The Bertz CT molecular complexity index is 986. The van der Waals surface area contributed by atoms with Gasteiger partial charge in [-0.1, -0.05) is 12.1 Å². The van der Waals surface area contributed by atoms with Crippen molar-refractivity contribution in [1.82, 2.24) is 15.1 Å². The molecule has 9 heteroatoms. The Balaban J connectivity index is 1.48. The van der Waals surface area contributed by atoms with Crippen molar-refractivity contribution < 1.29 is 14.3 Å². The fourth-order valence-electron chi connectivity index (χ4n) is 3.13. The van der Waals surface area contributed by atoms with E-state index >= 15 is 0 Å². The largest absolute Gasteiger partial charge is 0.497 e. The normalized spacial score (nSPS) is 15.9. The Kier molecular flexibility index (Phi) is 5.08. The van der Waals surface area contributed by atoms with Crippen LogP contribution in [0.25, 0.3) is 0 Å². The first-order valence-electron chi connectivity index (χ1n) is 9.01. The van der Waals surface area contributed by atoms with Crippen molar-refractivity contribution in [3.8, 4) is 5.75 Å². The van der Waals surface area contributed by atoms with Gasteiger partial charge in [-0.05, 0) is 30.5 Å². The molecule has 0 saturated heterocycles. The van der Waals surface area contributed by atoms with E-state index < -0.39 is 5.56 Å². The molecule has 1 aromatic carbocycles. The fraction of sp³-hybridized carbons (Fsp3) is 0.368. The number of thioether (sulfide) groups is 1. The first-order chi connectivity index (χ1) is 13.6. The first-order valence-corrected chi connectivity index (χ1v) is 10.00. The number of fused-ring (bicyclic) bond motifs is 1. The monoisotopic (exact) mass is 400 g/mol. The molecule has 0 unspecified atom stereocenters. The lowest BCUT2D eigenvalue weighted by atomic mass is 10.2. The lowest BCUT2D eigenvalue weighted by molar-refractivity contribution is -0.122. The Labute approximate surface area is 165 Å². The van der Waals surface area contributed by atoms with Gasteiger partial charge in [0.05, 0.1) is 24.0 Å². The molecular weight excluding hydrogens is 380 g/mol. The van der Waals surface area contributed by atoms with Crippen LogP contribution in [0.5, 0.6) is 5.75 Å². The van der Waals surface area contributed by atoms with Gasteiger partial charge in [-0.2, -0.15) is 5.10 Å². The minimum absolute atomic E-state index is 0.0580. The second kappa shape index (κ2) is 7.67. The minimum Gasteiger partial charge on any atom is -0.497 e. The number of amides is 2. The fourth-order valence-corrected chi connectivity index (χ4v) is 3.99. The molecular formula is C19H20N4O4S. The number of nitrogens with zero attached hydrogens (tertiary/aromatic N) is 3. The van der Waals surface area contributed by atoms with Gasteiger partial charge in [0, 0.05) is 12.6 Å². The van der Waals surface area contributed by atoms with E-state index in [-0.39, 0.29) is 24.4 Å². The van der Waals surface area contributed by atoms with E-state index in [2.05, 4.69) is 10.4 Å². The van der Waals surface area contributed by atoms with Crippen molar-refractivity contribution in [2.45, 2.75) is 36.9 Å². The van der Waals surface area contributed by atoms with E-state index in [0.29, 0.717) is 28.6 Å². The highest BCUT2D eigenvalue weighted by molar-refractivity contribution is 8.00. The summed E-state index contributed by atoms with van der Waals surface area (Å²) in [5.41, 5.74) is 0.848. The molecule has 2 aliphatic rings. The molecule has 1 saturated carbocycles. The summed E-state index contributed by atoms with van der Waals surface area (Å²) in [6.45, 7) is 0.117. The third-order valence-corrected chi connectivity index (χ3v) is 5.68. The van der Waals surface area contributed by atoms with Crippen LogP contribution in [0.2, 0.25) is 0 Å². The number of carbonyl (C=O) groups excluding carboxylic acids is 2. The molecule has 1 N–H and O–H groups in total. The molecule has 1 aliphatic carbocycles. The topological polar surface area (TPSA) is 93.5 Å². The average molecular weight is 400 g/mol. The predicted octanol–water partition coefficient (Wildman–Crippen LogP) is 1.17. The first kappa shape index (κ1) is 18.5. The van der Waals surface area contributed by atoms with Gasteiger partial charge in [0.25, 0.3) is 5.56 Å². The van der Waals surface area contributed by atoms with Crippen LogP contribution in [-0.4, -0.2) is 40.5 Å². The second-order valence-corrected chi connectivity index (χ2v) is 7.75. The molecule has 0 spiro atoms. The van der Waals surface area contributed by atoms with Gasteiger partial charge < -0.3 is 15.0 Å². The third kappa shape index (κ3) is 3.75. The van der Waals surface area contributed by atoms with Crippen molar-refractivity contribution in [1.29, 1.82) is 0 Å². The SMILES string of the molecule is COc1cccc(CNC(=O)Cn2ncc3c(c2=O)N(C2CC2)C(=O)CS3)c1. The number of ether oxygens (including phenoxy) is 1. The molecule has 2 amide bonds. The zero-order valence-corrected chi connectivity index (χ0v) is 16.2. The van der Waals surface area contributed by atoms with Crippen LogP contribution < -0.4 is 20.5 Å². The van der Waals surface area contributed by atoms with Gasteiger partial charge >= 0.3 is 0 Å². The number of hydrogen-bond acceptors (Lipinski definition) is 6. The summed E-state index contributed by atoms with van der Waals surface area (Å²) >= 11 is 1.32. The van der Waals surface area contributed by atoms with Gasteiger partial charge in [0.1, 0.15) is 18.0 Å². The maximum atomic E-state index is 12.9. The van der Waals surface area contributed by atoms with Crippen LogP contribution in [0.4, 0.5) is 5.69 Å². The summed E-state index contributed by atoms with van der Waals surface area (Å²) in [7, 11) is 1.58. The highest BCUT2D eigenvalue weighted by Gasteiger charge is 2.39. The summed E-state index contributed by atoms with van der Waals surface area (Å²) < 4.78 is 6.29. The molecule has 0 bridgehead atoms. The molecule has 1 aromatic heterocycles. The van der Waals surface area contributed by atoms with E-state index in [1.54, 1.807) is 18.2 Å². The van der Waals surface area contributed by atoms with Crippen molar-refractivity contribution in [3.63, 3.8) is 0 Å². The number of methoxy groups -OCH3 is 1. The smallest absolute Gasteiger partial charge is 0.292 e. The van der Waals surface area contributed by atoms with Crippen LogP contribution in [0.3, 0.4) is 0 Å². The predicted molar refractivity (Wildman–Crippen MR) is 105 cm³/mol. The van der Waals surface area contributed by atoms with Crippen molar-refractivity contribution in [3.05, 3.63) is 46.4 Å². The van der Waals surface area contributed by atoms with Crippen LogP contribution >= 0.6 is 11.8 Å². The van der Waals surface area contributed by atoms with E-state index in [9.17, 15) is 14.4 Å². The highest BCUT2D eigenvalue weighted by atomic mass is 32.2. The lowest BCUT2D eigenvalue weighted by Crippen LogP contribution is -2.43. The van der Waals surface area contributed by atoms with Crippen LogP contribution in [0.1, 0.15) is 18.4 Å². The quantitative estimate of drug-likeness (QED) is 0.782. The molecule has 1 aliphatic heterocycles. The van der Waals surface area contributed by atoms with Gasteiger partial charge in [0.15, 0.2) is 0 Å². The molecule has 8 nitrogen and oxygen atoms in total. The van der Waals surface area contributed by atoms with E-state index in [1.807, 2.05) is 24.3 Å². The van der Waals surface area contributed by atoms with E-state index in [1.165, 1.54) is 11.8 Å². The van der Waals surface area contributed by atoms with Crippen molar-refractivity contribution >= 4 is 29.3 Å². The van der Waals surface area contributed by atoms with Gasteiger partial charge in [-0.25, -0.2) is 4.68 Å². The minimum atomic E-state index is -0.401. The number of carbonyl (C=O) groups is 2. The molecule has 28 heavy (non-hydrogen) atoms. The third-order valence-electron chi connectivity index (χ3n) is 4.67. The van der Waals surface area contributed by atoms with Crippen LogP contribution in [-0.2, 0) is 22.7 Å². The molecule has 0 radical (unpaired) electrons. The standard InChI is InChI=1S/C19H20N4O4S/c1-27-14-4-2-3-12(7-14)8-20-16(24)10-22-19(26)18-15(9-21-22)28-11-17(25)23(18)13-5-6-13/h2-4,7,9,13H,5-6,8,10-11H2,1H3,(H,20,24). The van der Waals surface area contributed by atoms with Crippen molar-refractivity contribution in [2.75, 3.05) is 17.8 Å². The number of aromatic nitrogens is 2. The molecule has 0 atom stereocenters. The second-order valence-electron chi connectivity index (χ2n) is 6.73. The lowest BCUT2D eigenvalue weighted by Gasteiger charge is -2.28. The maximum Gasteiger partial charge on any atom is 0.292 e. The molecule has 1 fully saturated rings. The molecule has 2 heterocycles. The molecule has 2 aromatic rings. The summed E-state index contributed by atoms with van der Waals surface area (Å²) in [4.78, 5) is 39.8. The summed E-state index contributed by atoms with van der Waals surface area (Å²) in [5, 5.41) is 6.90. The number of nitrogens with one attached hydrogen (secondary N) is 1. The summed E-state index contributed by atoms with van der Waals surface area (Å²) in [6, 6.07) is 7.48. The number of hydrogen-bond donors (Lipinski definition) is 1. The Hall–Kier alpha value is -2.81. The Morgan fingerprint density at radius 3 is 2.93 bits per heavy atom. The highest BCUT2D eigenvalue weighted by Crippen LogP contribution is 2.38. The van der Waals surface area contributed by atoms with Crippen molar-refractivity contribution in [2.24, 2.45) is 0 Å². The molecule has 4 rings (SSSR count). The summed E-state index contributed by atoms with van der Waals surface area (Å²) in [6.07, 6.45) is 3.37. The summed E-state index contributed by atoms with van der Waals surface area (Å²) in [5.74, 6) is 0.638. The van der Waals surface area contributed by atoms with E-state index in [0.717, 1.165) is 23.1 Å². The Morgan fingerprint density at radius 1 is 1.36 bits per heavy atom. The molecule has 146 valence electrons. The number of rotatable bonds is 6.